The SMILES string of the molecule is Cc1sc(CCNC(=O)C[C@H](C)NC(=O)OCC2c3ccccc3-c3ccccc32)nc1C(=O)O. The number of carboxylic acid groups (broad SMARTS) is 1. The lowest BCUT2D eigenvalue weighted by atomic mass is 9.98. The Morgan fingerprint density at radius 1 is 1.09 bits per heavy atom. The number of aromatic carboxylic acids is 1. The first-order valence-electron chi connectivity index (χ1n) is 11.4. The zero-order valence-electron chi connectivity index (χ0n) is 19.5. The number of benzene rings is 2. The number of ether oxygens (including phenoxy) is 1. The Hall–Kier alpha value is -3.72. The molecule has 0 saturated heterocycles. The molecule has 3 N–H and O–H groups in total. The molecule has 9 heteroatoms. The highest BCUT2D eigenvalue weighted by Gasteiger charge is 2.29. The highest BCUT2D eigenvalue weighted by Crippen LogP contribution is 2.44. The number of aromatic nitrogens is 1. The number of alkyl carbamates (subject to hydrolysis) is 1. The summed E-state index contributed by atoms with van der Waals surface area (Å²) >= 11 is 1.31. The van der Waals surface area contributed by atoms with Crippen molar-refractivity contribution in [2.45, 2.75) is 38.6 Å². The Morgan fingerprint density at radius 2 is 1.71 bits per heavy atom. The summed E-state index contributed by atoms with van der Waals surface area (Å²) in [7, 11) is 0. The van der Waals surface area contributed by atoms with E-state index in [-0.39, 0.29) is 30.5 Å². The van der Waals surface area contributed by atoms with Crippen LogP contribution in [0.2, 0.25) is 0 Å². The van der Waals surface area contributed by atoms with Gasteiger partial charge < -0.3 is 20.5 Å². The molecular formula is C26H27N3O5S. The van der Waals surface area contributed by atoms with Gasteiger partial charge in [-0.25, -0.2) is 14.6 Å². The molecule has 1 atom stereocenters. The maximum atomic E-state index is 12.4. The van der Waals surface area contributed by atoms with Gasteiger partial charge in [0.25, 0.3) is 0 Å². The largest absolute Gasteiger partial charge is 0.476 e. The number of aryl methyl sites for hydroxylation is 1. The van der Waals surface area contributed by atoms with E-state index in [1.807, 2.05) is 24.3 Å². The first kappa shape index (κ1) is 24.4. The second kappa shape index (κ2) is 10.7. The average Bonchev–Trinajstić information content (AvgIpc) is 3.35. The molecule has 1 heterocycles. The van der Waals surface area contributed by atoms with Crippen molar-refractivity contribution in [3.05, 3.63) is 75.2 Å². The Kier molecular flexibility index (Phi) is 7.45. The molecule has 8 nitrogen and oxygen atoms in total. The fourth-order valence-electron chi connectivity index (χ4n) is 4.31. The number of thiazole rings is 1. The quantitative estimate of drug-likeness (QED) is 0.413. The normalized spacial score (nSPS) is 13.0. The van der Waals surface area contributed by atoms with Crippen molar-refractivity contribution in [1.29, 1.82) is 0 Å². The van der Waals surface area contributed by atoms with Crippen molar-refractivity contribution in [1.82, 2.24) is 15.6 Å². The summed E-state index contributed by atoms with van der Waals surface area (Å²) in [6, 6.07) is 15.8. The maximum absolute atomic E-state index is 12.4. The van der Waals surface area contributed by atoms with Crippen LogP contribution in [0.25, 0.3) is 11.1 Å². The van der Waals surface area contributed by atoms with Crippen LogP contribution in [-0.2, 0) is 16.0 Å². The van der Waals surface area contributed by atoms with Crippen LogP contribution in [0.1, 0.15) is 50.8 Å². The highest BCUT2D eigenvalue weighted by atomic mass is 32.1. The number of carboxylic acids is 1. The van der Waals surface area contributed by atoms with Crippen molar-refractivity contribution in [3.63, 3.8) is 0 Å². The van der Waals surface area contributed by atoms with E-state index in [0.29, 0.717) is 22.9 Å². The van der Waals surface area contributed by atoms with Crippen molar-refractivity contribution < 1.29 is 24.2 Å². The van der Waals surface area contributed by atoms with E-state index in [4.69, 9.17) is 9.84 Å². The molecule has 35 heavy (non-hydrogen) atoms. The molecule has 0 aliphatic heterocycles. The summed E-state index contributed by atoms with van der Waals surface area (Å²) < 4.78 is 5.53. The number of hydrogen-bond acceptors (Lipinski definition) is 6. The van der Waals surface area contributed by atoms with Gasteiger partial charge in [-0.15, -0.1) is 11.3 Å². The van der Waals surface area contributed by atoms with Gasteiger partial charge in [0.05, 0.1) is 5.01 Å². The second-order valence-corrected chi connectivity index (χ2v) is 9.78. The number of carbonyl (C=O) groups is 3. The third kappa shape index (κ3) is 5.68. The molecular weight excluding hydrogens is 466 g/mol. The van der Waals surface area contributed by atoms with Crippen molar-refractivity contribution in [2.24, 2.45) is 0 Å². The van der Waals surface area contributed by atoms with Crippen molar-refractivity contribution >= 4 is 29.3 Å². The predicted octanol–water partition coefficient (Wildman–Crippen LogP) is 4.13. The number of amides is 2. The molecule has 0 fully saturated rings. The minimum Gasteiger partial charge on any atom is -0.476 e. The molecule has 3 aromatic rings. The monoisotopic (exact) mass is 493 g/mol. The van der Waals surface area contributed by atoms with Gasteiger partial charge in [-0.05, 0) is 36.1 Å². The minimum absolute atomic E-state index is 0.0251. The van der Waals surface area contributed by atoms with Gasteiger partial charge in [0.15, 0.2) is 5.69 Å². The number of rotatable bonds is 9. The third-order valence-electron chi connectivity index (χ3n) is 5.90. The summed E-state index contributed by atoms with van der Waals surface area (Å²) in [5.41, 5.74) is 4.65. The van der Waals surface area contributed by atoms with Crippen LogP contribution in [0.5, 0.6) is 0 Å². The smallest absolute Gasteiger partial charge is 0.407 e. The average molecular weight is 494 g/mol. The molecule has 1 aromatic heterocycles. The van der Waals surface area contributed by atoms with Gasteiger partial charge in [0.1, 0.15) is 6.61 Å². The summed E-state index contributed by atoms with van der Waals surface area (Å²) in [4.78, 5) is 40.4. The van der Waals surface area contributed by atoms with Crippen LogP contribution >= 0.6 is 11.3 Å². The maximum Gasteiger partial charge on any atom is 0.407 e. The lowest BCUT2D eigenvalue weighted by molar-refractivity contribution is -0.121. The number of nitrogens with zero attached hydrogens (tertiary/aromatic N) is 1. The highest BCUT2D eigenvalue weighted by molar-refractivity contribution is 7.11. The van der Waals surface area contributed by atoms with Gasteiger partial charge in [-0.3, -0.25) is 4.79 Å². The van der Waals surface area contributed by atoms with Gasteiger partial charge >= 0.3 is 12.1 Å². The van der Waals surface area contributed by atoms with Crippen LogP contribution in [0.4, 0.5) is 4.79 Å². The van der Waals surface area contributed by atoms with Crippen molar-refractivity contribution in [2.75, 3.05) is 13.2 Å². The number of carbonyl (C=O) groups excluding carboxylic acids is 2. The van der Waals surface area contributed by atoms with E-state index < -0.39 is 18.1 Å². The van der Waals surface area contributed by atoms with Gasteiger partial charge in [-0.1, -0.05) is 48.5 Å². The summed E-state index contributed by atoms with van der Waals surface area (Å²) in [5, 5.41) is 15.2. The first-order valence-corrected chi connectivity index (χ1v) is 12.2. The molecule has 0 unspecified atom stereocenters. The lowest BCUT2D eigenvalue weighted by Gasteiger charge is -2.17. The Bertz CT molecular complexity index is 1210. The van der Waals surface area contributed by atoms with Gasteiger partial charge in [0.2, 0.25) is 5.91 Å². The van der Waals surface area contributed by atoms with Crippen LogP contribution in [0.3, 0.4) is 0 Å². The van der Waals surface area contributed by atoms with E-state index in [2.05, 4.69) is 39.9 Å². The van der Waals surface area contributed by atoms with E-state index in [9.17, 15) is 14.4 Å². The first-order chi connectivity index (χ1) is 16.8. The lowest BCUT2D eigenvalue weighted by Crippen LogP contribution is -2.38. The number of nitrogens with one attached hydrogen (secondary N) is 2. The molecule has 4 rings (SSSR count). The molecule has 2 amide bonds. The molecule has 0 saturated carbocycles. The molecule has 0 radical (unpaired) electrons. The summed E-state index contributed by atoms with van der Waals surface area (Å²) in [5.74, 6) is -1.30. The Balaban J connectivity index is 1.22. The second-order valence-electron chi connectivity index (χ2n) is 8.49. The van der Waals surface area contributed by atoms with Crippen LogP contribution in [-0.4, -0.2) is 47.3 Å². The van der Waals surface area contributed by atoms with Crippen molar-refractivity contribution in [3.8, 4) is 11.1 Å². The predicted molar refractivity (Wildman–Crippen MR) is 133 cm³/mol. The summed E-state index contributed by atoms with van der Waals surface area (Å²) in [6.45, 7) is 4.00. The zero-order chi connectivity index (χ0) is 24.9. The molecule has 1 aliphatic rings. The molecule has 0 bridgehead atoms. The van der Waals surface area contributed by atoms with Crippen LogP contribution < -0.4 is 10.6 Å². The minimum atomic E-state index is -1.05. The van der Waals surface area contributed by atoms with Gasteiger partial charge in [-0.2, -0.15) is 0 Å². The van der Waals surface area contributed by atoms with Crippen LogP contribution in [0, 0.1) is 6.92 Å². The van der Waals surface area contributed by atoms with E-state index in [1.54, 1.807) is 13.8 Å². The van der Waals surface area contributed by atoms with E-state index >= 15 is 0 Å². The number of fused-ring (bicyclic) bond motifs is 3. The topological polar surface area (TPSA) is 118 Å². The Labute approximate surface area is 207 Å². The molecule has 1 aliphatic carbocycles. The number of hydrogen-bond donors (Lipinski definition) is 3. The molecule has 0 spiro atoms. The summed E-state index contributed by atoms with van der Waals surface area (Å²) in [6.07, 6.45) is -0.0215. The molecule has 182 valence electrons. The standard InChI is InChI=1S/C26H27N3O5S/c1-15(13-22(30)27-12-11-23-29-24(25(31)32)16(2)35-23)28-26(33)34-14-21-19-9-5-3-7-17(19)18-8-4-6-10-20(18)21/h3-10,15,21H,11-14H2,1-2H3,(H,27,30)(H,28,33)(H,31,32)/t15-/m0/s1. The van der Waals surface area contributed by atoms with Crippen LogP contribution in [0.15, 0.2) is 48.5 Å². The molecule has 2 aromatic carbocycles. The van der Waals surface area contributed by atoms with E-state index in [1.165, 1.54) is 11.3 Å². The van der Waals surface area contributed by atoms with Gasteiger partial charge in [0, 0.05) is 36.2 Å². The van der Waals surface area contributed by atoms with E-state index in [0.717, 1.165) is 22.3 Å². The fraction of sp³-hybridized carbons (Fsp3) is 0.308. The third-order valence-corrected chi connectivity index (χ3v) is 6.93. The Morgan fingerprint density at radius 3 is 2.31 bits per heavy atom. The fourth-order valence-corrected chi connectivity index (χ4v) is 5.23. The zero-order valence-corrected chi connectivity index (χ0v) is 20.4.